The minimum Gasteiger partial charge on any atom is -0.481 e. The molecule has 1 aliphatic carbocycles. The Hall–Kier alpha value is -1.06. The number of hydrogen-bond donors (Lipinski definition) is 1. The van der Waals surface area contributed by atoms with Gasteiger partial charge in [-0.2, -0.15) is 0 Å². The molecule has 0 aliphatic heterocycles. The number of unbranched alkanes of at least 4 members (excludes halogenated alkanes) is 7. The minimum atomic E-state index is -0.720. The van der Waals surface area contributed by atoms with E-state index >= 15 is 0 Å². The van der Waals surface area contributed by atoms with E-state index in [9.17, 15) is 14.7 Å². The second-order valence-electron chi connectivity index (χ2n) is 9.89. The van der Waals surface area contributed by atoms with Gasteiger partial charge in [0.05, 0.1) is 11.8 Å². The molecule has 0 aromatic carbocycles. The van der Waals surface area contributed by atoms with E-state index in [4.69, 9.17) is 4.74 Å². The lowest BCUT2D eigenvalue weighted by Crippen LogP contribution is -2.30. The fourth-order valence-corrected chi connectivity index (χ4v) is 5.06. The number of carboxylic acids is 1. The normalized spacial score (nSPS) is 20.9. The Kier molecular flexibility index (Phi) is 15.8. The Labute approximate surface area is 191 Å². The summed E-state index contributed by atoms with van der Waals surface area (Å²) in [6, 6.07) is 0. The number of esters is 1. The predicted molar refractivity (Wildman–Crippen MR) is 128 cm³/mol. The predicted octanol–water partition coefficient (Wildman–Crippen LogP) is 7.93. The molecule has 1 rings (SSSR count). The summed E-state index contributed by atoms with van der Waals surface area (Å²) in [7, 11) is 0. The van der Waals surface area contributed by atoms with E-state index in [-0.39, 0.29) is 23.9 Å². The van der Waals surface area contributed by atoms with Crippen LogP contribution < -0.4 is 0 Å². The maximum Gasteiger partial charge on any atom is 0.309 e. The molecule has 2 atom stereocenters. The highest BCUT2D eigenvalue weighted by molar-refractivity contribution is 5.74. The zero-order chi connectivity index (χ0) is 22.9. The Morgan fingerprint density at radius 3 is 1.90 bits per heavy atom. The van der Waals surface area contributed by atoms with E-state index < -0.39 is 5.97 Å². The third-order valence-corrected chi connectivity index (χ3v) is 7.08. The van der Waals surface area contributed by atoms with Crippen LogP contribution in [0, 0.1) is 17.8 Å². The summed E-state index contributed by atoms with van der Waals surface area (Å²) in [6.07, 6.45) is 19.5. The van der Waals surface area contributed by atoms with Gasteiger partial charge in [-0.05, 0) is 50.9 Å². The van der Waals surface area contributed by atoms with Crippen LogP contribution in [0.4, 0.5) is 0 Å². The second kappa shape index (κ2) is 17.5. The van der Waals surface area contributed by atoms with Crippen molar-refractivity contribution in [3.63, 3.8) is 0 Å². The first-order chi connectivity index (χ1) is 15.0. The van der Waals surface area contributed by atoms with Crippen LogP contribution in [0.5, 0.6) is 0 Å². The Balaban J connectivity index is 2.58. The van der Waals surface area contributed by atoms with Gasteiger partial charge in [-0.3, -0.25) is 9.59 Å². The third kappa shape index (κ3) is 12.5. The summed E-state index contributed by atoms with van der Waals surface area (Å²) in [5, 5.41) is 9.21. The van der Waals surface area contributed by atoms with Gasteiger partial charge in [-0.25, -0.2) is 0 Å². The quantitative estimate of drug-likeness (QED) is 0.174. The zero-order valence-electron chi connectivity index (χ0n) is 20.7. The van der Waals surface area contributed by atoms with E-state index in [0.29, 0.717) is 31.6 Å². The van der Waals surface area contributed by atoms with Crippen molar-refractivity contribution < 1.29 is 19.4 Å². The molecule has 1 fully saturated rings. The van der Waals surface area contributed by atoms with Gasteiger partial charge in [0, 0.05) is 0 Å². The van der Waals surface area contributed by atoms with Crippen LogP contribution in [0.3, 0.4) is 0 Å². The van der Waals surface area contributed by atoms with Gasteiger partial charge in [-0.15, -0.1) is 0 Å². The summed E-state index contributed by atoms with van der Waals surface area (Å²) in [4.78, 5) is 24.1. The molecule has 0 bridgehead atoms. The molecule has 1 aliphatic rings. The van der Waals surface area contributed by atoms with Crippen LogP contribution in [0.2, 0.25) is 0 Å². The minimum absolute atomic E-state index is 0.0362. The lowest BCUT2D eigenvalue weighted by Gasteiger charge is -2.28. The van der Waals surface area contributed by atoms with Crippen molar-refractivity contribution in [2.75, 3.05) is 0 Å². The van der Waals surface area contributed by atoms with E-state index in [1.165, 1.54) is 70.6 Å². The van der Waals surface area contributed by atoms with Gasteiger partial charge in [-0.1, -0.05) is 91.4 Å². The first-order valence-corrected chi connectivity index (χ1v) is 13.4. The smallest absolute Gasteiger partial charge is 0.309 e. The SMILES string of the molecule is CCCCCCCCC(CC(CCC)CCCCC)OC(=O)C1CCC(C(=O)O)CC1. The average Bonchev–Trinajstić information content (AvgIpc) is 2.76. The second-order valence-corrected chi connectivity index (χ2v) is 9.89. The molecular weight excluding hydrogens is 388 g/mol. The summed E-state index contributed by atoms with van der Waals surface area (Å²) in [5.41, 5.74) is 0. The number of hydrogen-bond acceptors (Lipinski definition) is 3. The summed E-state index contributed by atoms with van der Waals surface area (Å²) in [5.74, 6) is -0.522. The fourth-order valence-electron chi connectivity index (χ4n) is 5.06. The Morgan fingerprint density at radius 1 is 0.742 bits per heavy atom. The molecule has 31 heavy (non-hydrogen) atoms. The maximum atomic E-state index is 12.9. The molecule has 0 heterocycles. The molecule has 4 nitrogen and oxygen atoms in total. The van der Waals surface area contributed by atoms with Crippen LogP contribution in [-0.4, -0.2) is 23.1 Å². The van der Waals surface area contributed by atoms with Crippen molar-refractivity contribution in [3.05, 3.63) is 0 Å². The van der Waals surface area contributed by atoms with E-state index in [2.05, 4.69) is 20.8 Å². The van der Waals surface area contributed by atoms with Crippen molar-refractivity contribution in [3.8, 4) is 0 Å². The van der Waals surface area contributed by atoms with Gasteiger partial charge < -0.3 is 9.84 Å². The van der Waals surface area contributed by atoms with Crippen LogP contribution in [0.1, 0.15) is 136 Å². The van der Waals surface area contributed by atoms with Gasteiger partial charge in [0.2, 0.25) is 0 Å². The topological polar surface area (TPSA) is 63.6 Å². The van der Waals surface area contributed by atoms with Gasteiger partial charge in [0.1, 0.15) is 6.10 Å². The molecule has 0 saturated heterocycles. The first kappa shape index (κ1) is 28.0. The number of rotatable bonds is 18. The van der Waals surface area contributed by atoms with Crippen LogP contribution in [0.15, 0.2) is 0 Å². The van der Waals surface area contributed by atoms with Crippen molar-refractivity contribution in [2.45, 2.75) is 142 Å². The van der Waals surface area contributed by atoms with Crippen molar-refractivity contribution in [1.29, 1.82) is 0 Å². The molecule has 0 radical (unpaired) electrons. The largest absolute Gasteiger partial charge is 0.481 e. The van der Waals surface area contributed by atoms with E-state index in [1.54, 1.807) is 0 Å². The summed E-state index contributed by atoms with van der Waals surface area (Å²) < 4.78 is 6.11. The molecule has 0 aromatic rings. The van der Waals surface area contributed by atoms with E-state index in [0.717, 1.165) is 19.3 Å². The van der Waals surface area contributed by atoms with Crippen molar-refractivity contribution in [1.82, 2.24) is 0 Å². The van der Waals surface area contributed by atoms with Crippen LogP contribution in [0.25, 0.3) is 0 Å². The summed E-state index contributed by atoms with van der Waals surface area (Å²) >= 11 is 0. The molecule has 4 heteroatoms. The highest BCUT2D eigenvalue weighted by atomic mass is 16.5. The monoisotopic (exact) mass is 438 g/mol. The van der Waals surface area contributed by atoms with Crippen molar-refractivity contribution in [2.24, 2.45) is 17.8 Å². The molecule has 1 saturated carbocycles. The molecule has 0 aromatic heterocycles. The lowest BCUT2D eigenvalue weighted by molar-refractivity contribution is -0.158. The Bertz CT molecular complexity index is 468. The van der Waals surface area contributed by atoms with E-state index in [1.807, 2.05) is 0 Å². The maximum absolute atomic E-state index is 12.9. The highest BCUT2D eigenvalue weighted by Gasteiger charge is 2.32. The number of carboxylic acid groups (broad SMARTS) is 1. The van der Waals surface area contributed by atoms with Crippen LogP contribution in [-0.2, 0) is 14.3 Å². The number of aliphatic carboxylic acids is 1. The third-order valence-electron chi connectivity index (χ3n) is 7.08. The Morgan fingerprint density at radius 2 is 1.29 bits per heavy atom. The van der Waals surface area contributed by atoms with Crippen LogP contribution >= 0.6 is 0 Å². The van der Waals surface area contributed by atoms with Gasteiger partial charge in [0.25, 0.3) is 0 Å². The molecule has 0 spiro atoms. The average molecular weight is 439 g/mol. The summed E-state index contributed by atoms with van der Waals surface area (Å²) in [6.45, 7) is 6.74. The van der Waals surface area contributed by atoms with Gasteiger partial charge in [0.15, 0.2) is 0 Å². The van der Waals surface area contributed by atoms with Gasteiger partial charge >= 0.3 is 11.9 Å². The lowest BCUT2D eigenvalue weighted by atomic mass is 9.82. The molecule has 0 amide bonds. The first-order valence-electron chi connectivity index (χ1n) is 13.4. The number of carbonyl (C=O) groups excluding carboxylic acids is 1. The molecule has 2 unspecified atom stereocenters. The van der Waals surface area contributed by atoms with Crippen molar-refractivity contribution >= 4 is 11.9 Å². The zero-order valence-corrected chi connectivity index (χ0v) is 20.7. The molecule has 1 N–H and O–H groups in total. The molecule has 182 valence electrons. The standard InChI is InChI=1S/C27H50O4/c1-4-7-9-10-11-13-16-25(21-22(14-6-3)15-12-8-5-2)31-27(30)24-19-17-23(18-20-24)26(28)29/h22-25H,4-21H2,1-3H3,(H,28,29). The number of carbonyl (C=O) groups is 2. The highest BCUT2D eigenvalue weighted by Crippen LogP contribution is 2.31. The fraction of sp³-hybridized carbons (Fsp3) is 0.926. The number of ether oxygens (including phenoxy) is 1. The molecular formula is C27H50O4.